The standard InChI is InChI=1S/C19H18FN3O/c1-13-18(11-14-7-9-16(10-8-14)22(2)3)19(24)23(21-13)17-6-4-5-15(20)12-17/h4-12H,1-3H3/b18-11+. The average Bonchev–Trinajstić information content (AvgIpc) is 2.83. The van der Waals surface area contributed by atoms with Gasteiger partial charge < -0.3 is 4.90 Å². The summed E-state index contributed by atoms with van der Waals surface area (Å²) in [5.74, 6) is -0.653. The van der Waals surface area contributed by atoms with Gasteiger partial charge in [0.15, 0.2) is 0 Å². The van der Waals surface area contributed by atoms with Gasteiger partial charge in [-0.1, -0.05) is 18.2 Å². The molecule has 1 aliphatic rings. The van der Waals surface area contributed by atoms with Gasteiger partial charge in [0, 0.05) is 19.8 Å². The Bertz CT molecular complexity index is 838. The lowest BCUT2D eigenvalue weighted by Crippen LogP contribution is -2.21. The number of carbonyl (C=O) groups excluding carboxylic acids is 1. The van der Waals surface area contributed by atoms with Gasteiger partial charge in [0.1, 0.15) is 5.82 Å². The van der Waals surface area contributed by atoms with Crippen molar-refractivity contribution in [3.63, 3.8) is 0 Å². The molecule has 1 aliphatic heterocycles. The molecule has 0 aliphatic carbocycles. The first-order chi connectivity index (χ1) is 11.5. The van der Waals surface area contributed by atoms with Gasteiger partial charge >= 0.3 is 0 Å². The summed E-state index contributed by atoms with van der Waals surface area (Å²) < 4.78 is 13.4. The van der Waals surface area contributed by atoms with Crippen molar-refractivity contribution in [2.75, 3.05) is 24.0 Å². The van der Waals surface area contributed by atoms with Crippen LogP contribution >= 0.6 is 0 Å². The minimum absolute atomic E-state index is 0.255. The van der Waals surface area contributed by atoms with Crippen LogP contribution in [0.15, 0.2) is 59.2 Å². The van der Waals surface area contributed by atoms with Crippen molar-refractivity contribution in [1.29, 1.82) is 0 Å². The first-order valence-electron chi connectivity index (χ1n) is 7.60. The topological polar surface area (TPSA) is 35.9 Å². The Balaban J connectivity index is 1.90. The van der Waals surface area contributed by atoms with Crippen LogP contribution in [0.2, 0.25) is 0 Å². The van der Waals surface area contributed by atoms with Crippen LogP contribution in [0.25, 0.3) is 6.08 Å². The normalized spacial score (nSPS) is 15.8. The number of hydrazone groups is 1. The monoisotopic (exact) mass is 323 g/mol. The highest BCUT2D eigenvalue weighted by Gasteiger charge is 2.28. The van der Waals surface area contributed by atoms with Crippen molar-refractivity contribution >= 4 is 29.1 Å². The maximum atomic E-state index is 13.4. The van der Waals surface area contributed by atoms with Crippen molar-refractivity contribution in [3.05, 3.63) is 65.5 Å². The summed E-state index contributed by atoms with van der Waals surface area (Å²) in [6.07, 6.45) is 1.81. The first kappa shape index (κ1) is 15.9. The Morgan fingerprint density at radius 2 is 1.83 bits per heavy atom. The molecular formula is C19H18FN3O. The van der Waals surface area contributed by atoms with Gasteiger partial charge in [-0.15, -0.1) is 0 Å². The molecule has 4 nitrogen and oxygen atoms in total. The molecule has 0 aromatic heterocycles. The fraction of sp³-hybridized carbons (Fsp3) is 0.158. The Morgan fingerprint density at radius 3 is 2.46 bits per heavy atom. The van der Waals surface area contributed by atoms with Crippen molar-refractivity contribution in [2.45, 2.75) is 6.92 Å². The summed E-state index contributed by atoms with van der Waals surface area (Å²) in [6, 6.07) is 13.7. The van der Waals surface area contributed by atoms with Gasteiger partial charge in [0.05, 0.1) is 17.0 Å². The predicted molar refractivity (Wildman–Crippen MR) is 95.7 cm³/mol. The highest BCUT2D eigenvalue weighted by molar-refractivity contribution is 6.32. The number of anilines is 2. The number of hydrogen-bond donors (Lipinski definition) is 0. The van der Waals surface area contributed by atoms with Crippen molar-refractivity contribution in [2.24, 2.45) is 5.10 Å². The number of carbonyl (C=O) groups is 1. The van der Waals surface area contributed by atoms with Gasteiger partial charge in [0.25, 0.3) is 5.91 Å². The number of benzene rings is 2. The lowest BCUT2D eigenvalue weighted by atomic mass is 10.1. The smallest absolute Gasteiger partial charge is 0.280 e. The zero-order valence-electron chi connectivity index (χ0n) is 13.8. The van der Waals surface area contributed by atoms with E-state index in [1.165, 1.54) is 17.1 Å². The molecule has 1 heterocycles. The molecule has 0 saturated carbocycles. The minimum Gasteiger partial charge on any atom is -0.378 e. The van der Waals surface area contributed by atoms with Gasteiger partial charge in [-0.3, -0.25) is 4.79 Å². The van der Waals surface area contributed by atoms with Crippen LogP contribution in [-0.2, 0) is 4.79 Å². The van der Waals surface area contributed by atoms with Crippen LogP contribution in [0.4, 0.5) is 15.8 Å². The van der Waals surface area contributed by atoms with Crippen LogP contribution in [-0.4, -0.2) is 25.7 Å². The number of rotatable bonds is 3. The van der Waals surface area contributed by atoms with Crippen molar-refractivity contribution in [1.82, 2.24) is 0 Å². The molecule has 1 amide bonds. The van der Waals surface area contributed by atoms with E-state index >= 15 is 0 Å². The first-order valence-corrected chi connectivity index (χ1v) is 7.60. The second-order valence-electron chi connectivity index (χ2n) is 5.83. The van der Waals surface area contributed by atoms with Crippen molar-refractivity contribution in [3.8, 4) is 0 Å². The van der Waals surface area contributed by atoms with Gasteiger partial charge in [0.2, 0.25) is 0 Å². The quantitative estimate of drug-likeness (QED) is 0.808. The van der Waals surface area contributed by atoms with Gasteiger partial charge in [-0.2, -0.15) is 10.1 Å². The van der Waals surface area contributed by atoms with Crippen LogP contribution in [0.1, 0.15) is 12.5 Å². The number of nitrogens with zero attached hydrogens (tertiary/aromatic N) is 3. The third-order valence-electron chi connectivity index (χ3n) is 3.84. The highest BCUT2D eigenvalue weighted by Crippen LogP contribution is 2.25. The second kappa shape index (κ2) is 6.28. The zero-order chi connectivity index (χ0) is 17.3. The molecule has 0 atom stereocenters. The molecule has 0 fully saturated rings. The van der Waals surface area contributed by atoms with E-state index in [1.807, 2.05) is 43.3 Å². The molecule has 0 N–H and O–H groups in total. The number of hydrogen-bond acceptors (Lipinski definition) is 3. The molecule has 0 spiro atoms. The predicted octanol–water partition coefficient (Wildman–Crippen LogP) is 3.70. The summed E-state index contributed by atoms with van der Waals surface area (Å²) in [5, 5.41) is 5.50. The van der Waals surface area contributed by atoms with Crippen molar-refractivity contribution < 1.29 is 9.18 Å². The van der Waals surface area contributed by atoms with E-state index in [9.17, 15) is 9.18 Å². The van der Waals surface area contributed by atoms with E-state index in [0.29, 0.717) is 17.0 Å². The van der Waals surface area contributed by atoms with Crippen LogP contribution in [0.3, 0.4) is 0 Å². The molecule has 0 unspecified atom stereocenters. The average molecular weight is 323 g/mol. The van der Waals surface area contributed by atoms with Crippen LogP contribution in [0.5, 0.6) is 0 Å². The lowest BCUT2D eigenvalue weighted by molar-refractivity contribution is -0.114. The Kier molecular flexibility index (Phi) is 4.16. The van der Waals surface area contributed by atoms with Gasteiger partial charge in [-0.25, -0.2) is 4.39 Å². The minimum atomic E-state index is -0.398. The summed E-state index contributed by atoms with van der Waals surface area (Å²) in [6.45, 7) is 1.78. The molecule has 5 heteroatoms. The molecule has 0 saturated heterocycles. The fourth-order valence-electron chi connectivity index (χ4n) is 2.50. The summed E-state index contributed by atoms with van der Waals surface area (Å²) in [4.78, 5) is 14.6. The Labute approximate surface area is 140 Å². The molecule has 0 bridgehead atoms. The molecule has 2 aromatic rings. The lowest BCUT2D eigenvalue weighted by Gasteiger charge is -2.12. The highest BCUT2D eigenvalue weighted by atomic mass is 19.1. The fourth-order valence-corrected chi connectivity index (χ4v) is 2.50. The molecule has 0 radical (unpaired) electrons. The van der Waals surface area contributed by atoms with Crippen LogP contribution < -0.4 is 9.91 Å². The number of halogens is 1. The van der Waals surface area contributed by atoms with E-state index in [-0.39, 0.29) is 5.91 Å². The van der Waals surface area contributed by atoms with E-state index < -0.39 is 5.82 Å². The van der Waals surface area contributed by atoms with E-state index in [4.69, 9.17) is 0 Å². The summed E-state index contributed by atoms with van der Waals surface area (Å²) >= 11 is 0. The van der Waals surface area contributed by atoms with E-state index in [1.54, 1.807) is 25.1 Å². The third kappa shape index (κ3) is 3.06. The summed E-state index contributed by atoms with van der Waals surface area (Å²) in [7, 11) is 3.95. The molecular weight excluding hydrogens is 305 g/mol. The number of amides is 1. The zero-order valence-corrected chi connectivity index (χ0v) is 13.8. The summed E-state index contributed by atoms with van der Waals surface area (Å²) in [5.41, 5.74) is 3.55. The maximum absolute atomic E-state index is 13.4. The van der Waals surface area contributed by atoms with E-state index in [2.05, 4.69) is 5.10 Å². The van der Waals surface area contributed by atoms with Gasteiger partial charge in [-0.05, 0) is 48.9 Å². The molecule has 122 valence electrons. The largest absolute Gasteiger partial charge is 0.378 e. The molecule has 24 heavy (non-hydrogen) atoms. The Morgan fingerprint density at radius 1 is 1.12 bits per heavy atom. The maximum Gasteiger partial charge on any atom is 0.280 e. The molecule has 2 aromatic carbocycles. The Hall–Kier alpha value is -2.95. The third-order valence-corrected chi connectivity index (χ3v) is 3.84. The SMILES string of the molecule is CC1=NN(c2cccc(F)c2)C(=O)/C1=C/c1ccc(N(C)C)cc1. The van der Waals surface area contributed by atoms with Crippen LogP contribution in [0, 0.1) is 5.82 Å². The van der Waals surface area contributed by atoms with E-state index in [0.717, 1.165) is 11.3 Å². The molecule has 3 rings (SSSR count). The second-order valence-corrected chi connectivity index (χ2v) is 5.83.